The molecule has 3 heteroatoms. The van der Waals surface area contributed by atoms with Crippen LogP contribution in [-0.2, 0) is 25.9 Å². The van der Waals surface area contributed by atoms with Gasteiger partial charge in [-0.15, -0.1) is 0 Å². The first-order valence-electron chi connectivity index (χ1n) is 7.90. The van der Waals surface area contributed by atoms with Crippen LogP contribution in [0.5, 0.6) is 0 Å². The molecule has 2 heterocycles. The Morgan fingerprint density at radius 3 is 3.00 bits per heavy atom. The van der Waals surface area contributed by atoms with Crippen LogP contribution in [0, 0.1) is 0 Å². The SMILES string of the molecule is c1cnc2ccc(CNCc3ccc4c(n3)CCC4)cc2c1. The molecule has 0 unspecified atom stereocenters. The minimum Gasteiger partial charge on any atom is -0.307 e. The Bertz CT molecular complexity index is 811. The maximum absolute atomic E-state index is 4.76. The van der Waals surface area contributed by atoms with Crippen LogP contribution in [0.4, 0.5) is 0 Å². The van der Waals surface area contributed by atoms with Crippen LogP contribution >= 0.6 is 0 Å². The highest BCUT2D eigenvalue weighted by molar-refractivity contribution is 5.78. The largest absolute Gasteiger partial charge is 0.307 e. The molecular weight excluding hydrogens is 270 g/mol. The zero-order valence-corrected chi connectivity index (χ0v) is 12.5. The van der Waals surface area contributed by atoms with E-state index in [0.29, 0.717) is 0 Å². The standard InChI is InChI=1S/C19H19N3/c1-3-15-7-8-17(22-19(15)5-1)13-20-12-14-6-9-18-16(11-14)4-2-10-21-18/h2,4,6-11,20H,1,3,5,12-13H2. The fraction of sp³-hybridized carbons (Fsp3) is 0.263. The van der Waals surface area contributed by atoms with E-state index in [-0.39, 0.29) is 0 Å². The molecule has 1 aromatic carbocycles. The third kappa shape index (κ3) is 2.72. The Morgan fingerprint density at radius 2 is 2.00 bits per heavy atom. The van der Waals surface area contributed by atoms with Crippen molar-refractivity contribution in [1.29, 1.82) is 0 Å². The summed E-state index contributed by atoms with van der Waals surface area (Å²) in [6.45, 7) is 1.67. The highest BCUT2D eigenvalue weighted by atomic mass is 14.9. The van der Waals surface area contributed by atoms with Crippen molar-refractivity contribution in [3.8, 4) is 0 Å². The van der Waals surface area contributed by atoms with Gasteiger partial charge in [0.25, 0.3) is 0 Å². The second-order valence-corrected chi connectivity index (χ2v) is 5.90. The summed E-state index contributed by atoms with van der Waals surface area (Å²) in [6.07, 6.45) is 5.42. The zero-order valence-electron chi connectivity index (χ0n) is 12.5. The molecule has 0 amide bonds. The lowest BCUT2D eigenvalue weighted by Gasteiger charge is -2.07. The van der Waals surface area contributed by atoms with E-state index in [2.05, 4.69) is 46.7 Å². The first-order valence-corrected chi connectivity index (χ1v) is 7.90. The van der Waals surface area contributed by atoms with Gasteiger partial charge in [0.15, 0.2) is 0 Å². The molecule has 110 valence electrons. The summed E-state index contributed by atoms with van der Waals surface area (Å²) in [6, 6.07) is 14.9. The van der Waals surface area contributed by atoms with E-state index in [1.807, 2.05) is 12.3 Å². The third-order valence-corrected chi connectivity index (χ3v) is 4.29. The number of aryl methyl sites for hydroxylation is 2. The van der Waals surface area contributed by atoms with Crippen LogP contribution in [0.25, 0.3) is 10.9 Å². The molecule has 1 aliphatic carbocycles. The monoisotopic (exact) mass is 289 g/mol. The van der Waals surface area contributed by atoms with Crippen molar-refractivity contribution in [2.24, 2.45) is 0 Å². The number of aromatic nitrogens is 2. The summed E-state index contributed by atoms with van der Waals surface area (Å²) < 4.78 is 0. The van der Waals surface area contributed by atoms with E-state index in [1.54, 1.807) is 0 Å². The van der Waals surface area contributed by atoms with Crippen LogP contribution < -0.4 is 5.32 Å². The van der Waals surface area contributed by atoms with Crippen LogP contribution in [-0.4, -0.2) is 9.97 Å². The first-order chi connectivity index (χ1) is 10.9. The third-order valence-electron chi connectivity index (χ3n) is 4.29. The number of nitrogens with zero attached hydrogens (tertiary/aromatic N) is 2. The van der Waals surface area contributed by atoms with E-state index in [0.717, 1.165) is 30.7 Å². The molecule has 1 N–H and O–H groups in total. The molecule has 22 heavy (non-hydrogen) atoms. The molecule has 0 aliphatic heterocycles. The van der Waals surface area contributed by atoms with Gasteiger partial charge in [-0.2, -0.15) is 0 Å². The second kappa shape index (κ2) is 5.85. The number of benzene rings is 1. The van der Waals surface area contributed by atoms with Gasteiger partial charge in [0.1, 0.15) is 0 Å². The van der Waals surface area contributed by atoms with Crippen molar-refractivity contribution in [2.45, 2.75) is 32.4 Å². The topological polar surface area (TPSA) is 37.8 Å². The van der Waals surface area contributed by atoms with Gasteiger partial charge in [0.05, 0.1) is 11.2 Å². The Balaban J connectivity index is 1.41. The van der Waals surface area contributed by atoms with Crippen molar-refractivity contribution < 1.29 is 0 Å². The van der Waals surface area contributed by atoms with E-state index in [9.17, 15) is 0 Å². The molecule has 0 spiro atoms. The van der Waals surface area contributed by atoms with Crippen molar-refractivity contribution in [1.82, 2.24) is 15.3 Å². The van der Waals surface area contributed by atoms with Gasteiger partial charge in [-0.3, -0.25) is 9.97 Å². The lowest BCUT2D eigenvalue weighted by molar-refractivity contribution is 0.677. The van der Waals surface area contributed by atoms with Crippen molar-refractivity contribution in [3.05, 3.63) is 71.2 Å². The molecular formula is C19H19N3. The summed E-state index contributed by atoms with van der Waals surface area (Å²) in [5.74, 6) is 0. The number of rotatable bonds is 4. The number of hydrogen-bond acceptors (Lipinski definition) is 3. The van der Waals surface area contributed by atoms with Gasteiger partial charge in [0, 0.05) is 30.4 Å². The van der Waals surface area contributed by atoms with Crippen molar-refractivity contribution in [3.63, 3.8) is 0 Å². The number of fused-ring (bicyclic) bond motifs is 2. The molecule has 0 fully saturated rings. The number of pyridine rings is 2. The molecule has 4 rings (SSSR count). The maximum atomic E-state index is 4.76. The second-order valence-electron chi connectivity index (χ2n) is 5.90. The molecule has 3 nitrogen and oxygen atoms in total. The lowest BCUT2D eigenvalue weighted by Crippen LogP contribution is -2.14. The Kier molecular flexibility index (Phi) is 3.57. The van der Waals surface area contributed by atoms with Crippen molar-refractivity contribution >= 4 is 10.9 Å². The fourth-order valence-electron chi connectivity index (χ4n) is 3.13. The Labute approximate surface area is 130 Å². The van der Waals surface area contributed by atoms with E-state index < -0.39 is 0 Å². The summed E-state index contributed by atoms with van der Waals surface area (Å²) in [4.78, 5) is 9.11. The normalized spacial score (nSPS) is 13.5. The minimum atomic E-state index is 0.818. The van der Waals surface area contributed by atoms with E-state index >= 15 is 0 Å². The molecule has 0 atom stereocenters. The Morgan fingerprint density at radius 1 is 1.00 bits per heavy atom. The highest BCUT2D eigenvalue weighted by Crippen LogP contribution is 2.20. The van der Waals surface area contributed by atoms with E-state index in [4.69, 9.17) is 4.98 Å². The van der Waals surface area contributed by atoms with Gasteiger partial charge in [0.2, 0.25) is 0 Å². The maximum Gasteiger partial charge on any atom is 0.0702 e. The quantitative estimate of drug-likeness (QED) is 0.800. The molecule has 1 aliphatic rings. The van der Waals surface area contributed by atoms with Gasteiger partial charge in [-0.25, -0.2) is 0 Å². The fourth-order valence-corrected chi connectivity index (χ4v) is 3.13. The van der Waals surface area contributed by atoms with Crippen LogP contribution in [0.3, 0.4) is 0 Å². The van der Waals surface area contributed by atoms with Crippen LogP contribution in [0.15, 0.2) is 48.7 Å². The molecule has 0 saturated heterocycles. The average Bonchev–Trinajstić information content (AvgIpc) is 3.02. The van der Waals surface area contributed by atoms with Gasteiger partial charge < -0.3 is 5.32 Å². The molecule has 0 saturated carbocycles. The zero-order chi connectivity index (χ0) is 14.8. The Hall–Kier alpha value is -2.26. The molecule has 0 bridgehead atoms. The molecule has 2 aromatic heterocycles. The summed E-state index contributed by atoms with van der Waals surface area (Å²) in [7, 11) is 0. The average molecular weight is 289 g/mol. The van der Waals surface area contributed by atoms with Gasteiger partial charge in [-0.1, -0.05) is 18.2 Å². The molecule has 0 radical (unpaired) electrons. The summed E-state index contributed by atoms with van der Waals surface area (Å²) in [5.41, 5.74) is 6.21. The predicted octanol–water partition coefficient (Wildman–Crippen LogP) is 3.41. The lowest BCUT2D eigenvalue weighted by atomic mass is 10.1. The summed E-state index contributed by atoms with van der Waals surface area (Å²) >= 11 is 0. The highest BCUT2D eigenvalue weighted by Gasteiger charge is 2.12. The van der Waals surface area contributed by atoms with E-state index in [1.165, 1.54) is 35.0 Å². The predicted molar refractivity (Wildman–Crippen MR) is 88.5 cm³/mol. The minimum absolute atomic E-state index is 0.818. The van der Waals surface area contributed by atoms with Crippen LogP contribution in [0.1, 0.15) is 28.9 Å². The first kappa shape index (κ1) is 13.4. The molecule has 3 aromatic rings. The van der Waals surface area contributed by atoms with Gasteiger partial charge in [-0.05, 0) is 54.7 Å². The van der Waals surface area contributed by atoms with Gasteiger partial charge >= 0.3 is 0 Å². The number of nitrogens with one attached hydrogen (secondary N) is 1. The number of hydrogen-bond donors (Lipinski definition) is 1. The van der Waals surface area contributed by atoms with Crippen molar-refractivity contribution in [2.75, 3.05) is 0 Å². The summed E-state index contributed by atoms with van der Waals surface area (Å²) in [5, 5.41) is 4.68. The smallest absolute Gasteiger partial charge is 0.0702 e. The van der Waals surface area contributed by atoms with Crippen LogP contribution in [0.2, 0.25) is 0 Å².